The summed E-state index contributed by atoms with van der Waals surface area (Å²) in [6, 6.07) is 5.87. The van der Waals surface area contributed by atoms with E-state index in [0.717, 1.165) is 11.8 Å². The molecular formula is C17H22N4O6S. The molecule has 0 aliphatic rings. The van der Waals surface area contributed by atoms with Gasteiger partial charge in [0.25, 0.3) is 0 Å². The van der Waals surface area contributed by atoms with Gasteiger partial charge in [-0.25, -0.2) is 4.79 Å². The largest absolute Gasteiger partial charge is 0.391 e. The SMILES string of the molecule is NCC(=O)OC(=O)[C@H](CSC(=O)c1ccccc1)NC(=O)[C@@H](N)CCC(N)=O. The van der Waals surface area contributed by atoms with E-state index in [-0.39, 0.29) is 23.7 Å². The zero-order valence-corrected chi connectivity index (χ0v) is 15.8. The second kappa shape index (κ2) is 11.8. The number of nitrogens with two attached hydrogens (primary N) is 3. The lowest BCUT2D eigenvalue weighted by Crippen LogP contribution is -2.50. The highest BCUT2D eigenvalue weighted by molar-refractivity contribution is 8.14. The highest BCUT2D eigenvalue weighted by atomic mass is 32.2. The molecular weight excluding hydrogens is 388 g/mol. The molecule has 7 N–H and O–H groups in total. The summed E-state index contributed by atoms with van der Waals surface area (Å²) in [4.78, 5) is 58.5. The van der Waals surface area contributed by atoms with Crippen LogP contribution < -0.4 is 22.5 Å². The molecule has 1 rings (SSSR count). The molecule has 2 atom stereocenters. The standard InChI is InChI=1S/C17H22N4O6S/c18-8-14(23)27-16(25)12(21-15(24)11(19)6-7-13(20)22)9-28-17(26)10-4-2-1-3-5-10/h1-5,11-12H,6-9,18-19H2,(H2,20,22)(H,21,24)/t11-,12-/m0/s1. The van der Waals surface area contributed by atoms with Gasteiger partial charge in [0.05, 0.1) is 12.6 Å². The average Bonchev–Trinajstić information content (AvgIpc) is 2.68. The van der Waals surface area contributed by atoms with Crippen LogP contribution in [0.2, 0.25) is 0 Å². The number of thioether (sulfide) groups is 1. The van der Waals surface area contributed by atoms with Crippen molar-refractivity contribution < 1.29 is 28.7 Å². The molecule has 152 valence electrons. The first-order chi connectivity index (χ1) is 13.2. The summed E-state index contributed by atoms with van der Waals surface area (Å²) in [5.74, 6) is -3.63. The van der Waals surface area contributed by atoms with Gasteiger partial charge in [-0.15, -0.1) is 0 Å². The number of esters is 2. The van der Waals surface area contributed by atoms with Crippen molar-refractivity contribution in [1.29, 1.82) is 0 Å². The van der Waals surface area contributed by atoms with E-state index in [2.05, 4.69) is 10.1 Å². The van der Waals surface area contributed by atoms with Crippen LogP contribution in [0.3, 0.4) is 0 Å². The summed E-state index contributed by atoms with van der Waals surface area (Å²) >= 11 is 0.761. The number of ether oxygens (including phenoxy) is 1. The van der Waals surface area contributed by atoms with Crippen molar-refractivity contribution >= 4 is 40.6 Å². The minimum atomic E-state index is -1.32. The van der Waals surface area contributed by atoms with Crippen molar-refractivity contribution in [3.05, 3.63) is 35.9 Å². The van der Waals surface area contributed by atoms with Crippen molar-refractivity contribution in [2.75, 3.05) is 12.3 Å². The van der Waals surface area contributed by atoms with Gasteiger partial charge in [-0.05, 0) is 6.42 Å². The zero-order chi connectivity index (χ0) is 21.1. The van der Waals surface area contributed by atoms with E-state index < -0.39 is 42.4 Å². The van der Waals surface area contributed by atoms with Gasteiger partial charge in [-0.1, -0.05) is 42.1 Å². The summed E-state index contributed by atoms with van der Waals surface area (Å²) in [6.07, 6.45) is -0.142. The molecule has 0 unspecified atom stereocenters. The van der Waals surface area contributed by atoms with Gasteiger partial charge in [0.15, 0.2) is 0 Å². The molecule has 0 aliphatic carbocycles. The quantitative estimate of drug-likeness (QED) is 0.268. The van der Waals surface area contributed by atoms with Gasteiger partial charge in [-0.2, -0.15) is 0 Å². The smallest absolute Gasteiger partial charge is 0.337 e. The fourth-order valence-corrected chi connectivity index (χ4v) is 2.76. The first-order valence-corrected chi connectivity index (χ1v) is 9.24. The molecule has 0 spiro atoms. The van der Waals surface area contributed by atoms with Crippen molar-refractivity contribution in [3.8, 4) is 0 Å². The van der Waals surface area contributed by atoms with Crippen LogP contribution >= 0.6 is 11.8 Å². The van der Waals surface area contributed by atoms with Gasteiger partial charge < -0.3 is 27.3 Å². The van der Waals surface area contributed by atoms with Crippen LogP contribution in [0.1, 0.15) is 23.2 Å². The normalized spacial score (nSPS) is 12.5. The van der Waals surface area contributed by atoms with E-state index >= 15 is 0 Å². The Hall–Kier alpha value is -2.76. The predicted molar refractivity (Wildman–Crippen MR) is 102 cm³/mol. The number of rotatable bonds is 10. The summed E-state index contributed by atoms with van der Waals surface area (Å²) in [5.41, 5.74) is 16.2. The average molecular weight is 410 g/mol. The van der Waals surface area contributed by atoms with Crippen LogP contribution in [0.5, 0.6) is 0 Å². The number of amides is 2. The molecule has 11 heteroatoms. The summed E-state index contributed by atoms with van der Waals surface area (Å²) < 4.78 is 4.52. The topological polar surface area (TPSA) is 185 Å². The molecule has 10 nitrogen and oxygen atoms in total. The Kier molecular flexibility index (Phi) is 9.85. The van der Waals surface area contributed by atoms with Gasteiger partial charge in [-0.3, -0.25) is 19.2 Å². The van der Waals surface area contributed by atoms with E-state index in [0.29, 0.717) is 5.56 Å². The van der Waals surface area contributed by atoms with Crippen LogP contribution in [0.15, 0.2) is 30.3 Å². The van der Waals surface area contributed by atoms with Gasteiger partial charge >= 0.3 is 11.9 Å². The lowest BCUT2D eigenvalue weighted by molar-refractivity contribution is -0.160. The molecule has 0 bridgehead atoms. The third-order valence-corrected chi connectivity index (χ3v) is 4.41. The molecule has 0 fully saturated rings. The van der Waals surface area contributed by atoms with Gasteiger partial charge in [0.2, 0.25) is 16.9 Å². The Labute approximate surface area is 165 Å². The molecule has 28 heavy (non-hydrogen) atoms. The third-order valence-electron chi connectivity index (χ3n) is 3.41. The van der Waals surface area contributed by atoms with Gasteiger partial charge in [0.1, 0.15) is 6.04 Å². The maximum absolute atomic E-state index is 12.2. The highest BCUT2D eigenvalue weighted by Crippen LogP contribution is 2.14. The highest BCUT2D eigenvalue weighted by Gasteiger charge is 2.28. The van der Waals surface area contributed by atoms with Crippen molar-refractivity contribution in [2.45, 2.75) is 24.9 Å². The fourth-order valence-electron chi connectivity index (χ4n) is 1.92. The summed E-state index contributed by atoms with van der Waals surface area (Å²) in [6.45, 7) is -0.527. The van der Waals surface area contributed by atoms with E-state index in [1.807, 2.05) is 0 Å². The Morgan fingerprint density at radius 2 is 1.75 bits per heavy atom. The fraction of sp³-hybridized carbons (Fsp3) is 0.353. The number of hydrogen-bond acceptors (Lipinski definition) is 9. The second-order valence-corrected chi connectivity index (χ2v) is 6.63. The number of benzene rings is 1. The van der Waals surface area contributed by atoms with E-state index in [9.17, 15) is 24.0 Å². The van der Waals surface area contributed by atoms with Crippen molar-refractivity contribution in [2.24, 2.45) is 17.2 Å². The molecule has 0 aromatic heterocycles. The van der Waals surface area contributed by atoms with Crippen LogP contribution in [0, 0.1) is 0 Å². The Bertz CT molecular complexity index is 728. The van der Waals surface area contributed by atoms with Crippen molar-refractivity contribution in [3.63, 3.8) is 0 Å². The molecule has 1 aromatic carbocycles. The van der Waals surface area contributed by atoms with E-state index in [4.69, 9.17) is 17.2 Å². The summed E-state index contributed by atoms with van der Waals surface area (Å²) in [7, 11) is 0. The number of nitrogens with one attached hydrogen (secondary N) is 1. The molecule has 0 saturated heterocycles. The zero-order valence-electron chi connectivity index (χ0n) is 15.0. The molecule has 1 aromatic rings. The Morgan fingerprint density at radius 1 is 1.11 bits per heavy atom. The molecule has 0 aliphatic heterocycles. The van der Waals surface area contributed by atoms with E-state index in [1.165, 1.54) is 0 Å². The maximum atomic E-state index is 12.2. The van der Waals surface area contributed by atoms with Gasteiger partial charge in [0, 0.05) is 17.7 Å². The van der Waals surface area contributed by atoms with Crippen LogP contribution in [-0.4, -0.2) is 53.2 Å². The van der Waals surface area contributed by atoms with E-state index in [1.54, 1.807) is 30.3 Å². The minimum Gasteiger partial charge on any atom is -0.391 e. The molecule has 0 heterocycles. The minimum absolute atomic E-state index is 0.0270. The van der Waals surface area contributed by atoms with Crippen LogP contribution in [-0.2, 0) is 23.9 Å². The van der Waals surface area contributed by atoms with Crippen molar-refractivity contribution in [1.82, 2.24) is 5.32 Å². The number of hydrogen-bond donors (Lipinski definition) is 4. The molecule has 0 saturated carbocycles. The predicted octanol–water partition coefficient (Wildman–Crippen LogP) is -1.33. The first-order valence-electron chi connectivity index (χ1n) is 8.25. The third kappa shape index (κ3) is 8.29. The number of carbonyl (C=O) groups excluding carboxylic acids is 5. The lowest BCUT2D eigenvalue weighted by Gasteiger charge is -2.18. The lowest BCUT2D eigenvalue weighted by atomic mass is 10.1. The molecule has 0 radical (unpaired) electrons. The number of primary amides is 1. The monoisotopic (exact) mass is 410 g/mol. The number of carbonyl (C=O) groups is 5. The summed E-state index contributed by atoms with van der Waals surface area (Å²) in [5, 5.41) is 1.98. The second-order valence-electron chi connectivity index (χ2n) is 5.63. The molecule has 2 amide bonds. The Balaban J connectivity index is 2.76. The van der Waals surface area contributed by atoms with Crippen LogP contribution in [0.25, 0.3) is 0 Å². The maximum Gasteiger partial charge on any atom is 0.337 e. The van der Waals surface area contributed by atoms with Crippen LogP contribution in [0.4, 0.5) is 0 Å². The Morgan fingerprint density at radius 3 is 2.32 bits per heavy atom. The first kappa shape index (κ1) is 23.3.